The lowest BCUT2D eigenvalue weighted by molar-refractivity contribution is 0.0906. The molecule has 0 aliphatic heterocycles. The molecular weight excluding hydrogens is 442 g/mol. The van der Waals surface area contributed by atoms with Gasteiger partial charge >= 0.3 is 0 Å². The maximum Gasteiger partial charge on any atom is 0.261 e. The van der Waals surface area contributed by atoms with Crippen LogP contribution in [0.25, 0.3) is 11.0 Å². The number of sulfonamides is 1. The Morgan fingerprint density at radius 1 is 1.11 bits per heavy atom. The van der Waals surface area contributed by atoms with Crippen molar-refractivity contribution in [1.29, 1.82) is 0 Å². The fraction of sp³-hybridized carbons (Fsp3) is 0.286. The van der Waals surface area contributed by atoms with Gasteiger partial charge in [-0.15, -0.1) is 0 Å². The number of nitrogens with one attached hydrogen (secondary N) is 1. The molecule has 0 radical (unpaired) electrons. The Hall–Kier alpha value is -2.12. The van der Waals surface area contributed by atoms with E-state index in [1.165, 1.54) is 0 Å². The van der Waals surface area contributed by atoms with Gasteiger partial charge in [0.15, 0.2) is 5.78 Å². The number of ketones is 1. The molecule has 146 valence electrons. The highest BCUT2D eigenvalue weighted by atomic mass is 79.9. The zero-order valence-electron chi connectivity index (χ0n) is 15.8. The molecule has 0 saturated carbocycles. The van der Waals surface area contributed by atoms with Crippen LogP contribution in [0.2, 0.25) is 0 Å². The molecule has 28 heavy (non-hydrogen) atoms. The first kappa shape index (κ1) is 19.2. The van der Waals surface area contributed by atoms with E-state index in [0.29, 0.717) is 45.3 Å². The van der Waals surface area contributed by atoms with Gasteiger partial charge in [0.1, 0.15) is 11.3 Å². The number of furan rings is 1. The normalized spacial score (nSPS) is 16.2. The van der Waals surface area contributed by atoms with Crippen molar-refractivity contribution in [2.75, 3.05) is 4.72 Å². The SMILES string of the molecule is Cc1ccc(S(=O)(=O)Nc2cc(Br)c3oc4c(c3c2)C(=O)CC(C)(C)C4)cc1. The number of carbonyl (C=O) groups is 1. The van der Waals surface area contributed by atoms with Gasteiger partial charge in [-0.25, -0.2) is 8.42 Å². The van der Waals surface area contributed by atoms with Gasteiger partial charge in [0.05, 0.1) is 20.6 Å². The van der Waals surface area contributed by atoms with Crippen molar-refractivity contribution < 1.29 is 17.6 Å². The van der Waals surface area contributed by atoms with E-state index in [4.69, 9.17) is 4.42 Å². The number of hydrogen-bond donors (Lipinski definition) is 1. The second-order valence-electron chi connectivity index (χ2n) is 8.09. The summed E-state index contributed by atoms with van der Waals surface area (Å²) in [6, 6.07) is 9.96. The second kappa shape index (κ2) is 6.46. The minimum Gasteiger partial charge on any atom is -0.459 e. The zero-order chi connectivity index (χ0) is 20.3. The molecular formula is C21H20BrNO4S. The van der Waals surface area contributed by atoms with Crippen LogP contribution in [-0.2, 0) is 16.4 Å². The average molecular weight is 462 g/mol. The van der Waals surface area contributed by atoms with Crippen LogP contribution in [-0.4, -0.2) is 14.2 Å². The van der Waals surface area contributed by atoms with Crippen molar-refractivity contribution in [2.24, 2.45) is 5.41 Å². The number of carbonyl (C=O) groups excluding carboxylic acids is 1. The van der Waals surface area contributed by atoms with Gasteiger partial charge in [-0.2, -0.15) is 0 Å². The summed E-state index contributed by atoms with van der Waals surface area (Å²) in [7, 11) is -3.74. The Balaban J connectivity index is 1.79. The van der Waals surface area contributed by atoms with Crippen LogP contribution in [0.4, 0.5) is 5.69 Å². The molecule has 0 spiro atoms. The van der Waals surface area contributed by atoms with Crippen LogP contribution in [0.5, 0.6) is 0 Å². The predicted octanol–water partition coefficient (Wildman–Crippen LogP) is 5.46. The first-order valence-corrected chi connectivity index (χ1v) is 11.2. The summed E-state index contributed by atoms with van der Waals surface area (Å²) in [5, 5.41) is 0.631. The van der Waals surface area contributed by atoms with E-state index < -0.39 is 10.0 Å². The highest BCUT2D eigenvalue weighted by Gasteiger charge is 2.35. The molecule has 1 aliphatic rings. The number of anilines is 1. The minimum absolute atomic E-state index is 0.0236. The quantitative estimate of drug-likeness (QED) is 0.561. The van der Waals surface area contributed by atoms with E-state index in [0.717, 1.165) is 5.56 Å². The van der Waals surface area contributed by atoms with Gasteiger partial charge in [-0.1, -0.05) is 31.5 Å². The molecule has 1 aromatic heterocycles. The Labute approximate surface area is 172 Å². The maximum absolute atomic E-state index is 12.7. The van der Waals surface area contributed by atoms with E-state index in [1.54, 1.807) is 36.4 Å². The van der Waals surface area contributed by atoms with Crippen LogP contribution < -0.4 is 4.72 Å². The highest BCUT2D eigenvalue weighted by molar-refractivity contribution is 9.10. The van der Waals surface area contributed by atoms with Crippen LogP contribution in [0.1, 0.15) is 41.9 Å². The number of rotatable bonds is 3. The summed E-state index contributed by atoms with van der Waals surface area (Å²) >= 11 is 3.46. The predicted molar refractivity (Wildman–Crippen MR) is 112 cm³/mol. The highest BCUT2D eigenvalue weighted by Crippen LogP contribution is 2.42. The number of benzene rings is 2. The number of hydrogen-bond acceptors (Lipinski definition) is 4. The topological polar surface area (TPSA) is 76.4 Å². The molecule has 3 aromatic rings. The van der Waals surface area contributed by atoms with E-state index >= 15 is 0 Å². The molecule has 1 heterocycles. The van der Waals surface area contributed by atoms with Crippen molar-refractivity contribution >= 4 is 48.4 Å². The molecule has 1 aliphatic carbocycles. The fourth-order valence-electron chi connectivity index (χ4n) is 3.65. The lowest BCUT2D eigenvalue weighted by Crippen LogP contribution is -2.25. The van der Waals surface area contributed by atoms with Gasteiger partial charge in [0, 0.05) is 18.2 Å². The molecule has 7 heteroatoms. The molecule has 0 amide bonds. The molecule has 1 N–H and O–H groups in total. The van der Waals surface area contributed by atoms with Crippen LogP contribution in [0, 0.1) is 12.3 Å². The molecule has 0 fully saturated rings. The van der Waals surface area contributed by atoms with Gasteiger partial charge in [-0.05, 0) is 52.5 Å². The van der Waals surface area contributed by atoms with Crippen molar-refractivity contribution in [3.05, 3.63) is 57.8 Å². The number of aryl methyl sites for hydroxylation is 1. The van der Waals surface area contributed by atoms with Crippen LogP contribution in [0.15, 0.2) is 50.2 Å². The summed E-state index contributed by atoms with van der Waals surface area (Å²) in [5.74, 6) is 0.686. The van der Waals surface area contributed by atoms with Gasteiger partial charge < -0.3 is 4.42 Å². The summed E-state index contributed by atoms with van der Waals surface area (Å²) in [5.41, 5.74) is 2.33. The average Bonchev–Trinajstić information content (AvgIpc) is 2.92. The first-order valence-electron chi connectivity index (χ1n) is 8.93. The number of fused-ring (bicyclic) bond motifs is 3. The second-order valence-corrected chi connectivity index (χ2v) is 10.6. The third-order valence-corrected chi connectivity index (χ3v) is 6.94. The Morgan fingerprint density at radius 3 is 2.46 bits per heavy atom. The summed E-state index contributed by atoms with van der Waals surface area (Å²) < 4.78 is 34.6. The Bertz CT molecular complexity index is 1210. The van der Waals surface area contributed by atoms with Crippen LogP contribution in [0.3, 0.4) is 0 Å². The van der Waals surface area contributed by atoms with E-state index in [9.17, 15) is 13.2 Å². The van der Waals surface area contributed by atoms with Gasteiger partial charge in [0.25, 0.3) is 10.0 Å². The van der Waals surface area contributed by atoms with Gasteiger partial charge in [-0.3, -0.25) is 9.52 Å². The van der Waals surface area contributed by atoms with E-state index in [-0.39, 0.29) is 16.1 Å². The third kappa shape index (κ3) is 3.37. The monoisotopic (exact) mass is 461 g/mol. The molecule has 0 saturated heterocycles. The van der Waals surface area contributed by atoms with Crippen LogP contribution >= 0.6 is 15.9 Å². The standard InChI is InChI=1S/C21H20BrNO4S/c1-12-4-6-14(7-5-12)28(25,26)23-13-8-15-19-17(24)10-21(2,3)11-18(19)27-20(15)16(22)9-13/h4-9,23H,10-11H2,1-3H3. The largest absolute Gasteiger partial charge is 0.459 e. The molecule has 2 aromatic carbocycles. The molecule has 0 atom stereocenters. The zero-order valence-corrected chi connectivity index (χ0v) is 18.2. The molecule has 0 bridgehead atoms. The van der Waals surface area contributed by atoms with Crippen molar-refractivity contribution in [2.45, 2.75) is 38.5 Å². The van der Waals surface area contributed by atoms with Crippen molar-refractivity contribution in [1.82, 2.24) is 0 Å². The Morgan fingerprint density at radius 2 is 1.79 bits per heavy atom. The number of Topliss-reactive ketones (excluding diaryl/α,β-unsaturated/α-hetero) is 1. The van der Waals surface area contributed by atoms with E-state index in [2.05, 4.69) is 20.7 Å². The maximum atomic E-state index is 12.7. The lowest BCUT2D eigenvalue weighted by atomic mass is 9.76. The first-order chi connectivity index (χ1) is 13.1. The minimum atomic E-state index is -3.74. The van der Waals surface area contributed by atoms with Crippen molar-refractivity contribution in [3.63, 3.8) is 0 Å². The van der Waals surface area contributed by atoms with E-state index in [1.807, 2.05) is 20.8 Å². The molecule has 0 unspecified atom stereocenters. The molecule has 5 nitrogen and oxygen atoms in total. The summed E-state index contributed by atoms with van der Waals surface area (Å²) in [4.78, 5) is 12.9. The van der Waals surface area contributed by atoms with Gasteiger partial charge in [0.2, 0.25) is 0 Å². The third-order valence-electron chi connectivity index (χ3n) is 4.96. The lowest BCUT2D eigenvalue weighted by Gasteiger charge is -2.27. The number of halogens is 1. The fourth-order valence-corrected chi connectivity index (χ4v) is 5.23. The smallest absolute Gasteiger partial charge is 0.261 e. The molecule has 4 rings (SSSR count). The summed E-state index contributed by atoms with van der Waals surface area (Å²) in [6.45, 7) is 5.98. The van der Waals surface area contributed by atoms with Crippen molar-refractivity contribution in [3.8, 4) is 0 Å². The Kier molecular flexibility index (Phi) is 4.43. The summed E-state index contributed by atoms with van der Waals surface area (Å²) in [6.07, 6.45) is 1.10.